The normalized spacial score (nSPS) is 16.7. The Bertz CT molecular complexity index is 983. The second-order valence-corrected chi connectivity index (χ2v) is 6.47. The quantitative estimate of drug-likeness (QED) is 0.705. The van der Waals surface area contributed by atoms with Crippen LogP contribution in [0.25, 0.3) is 22.0 Å². The van der Waals surface area contributed by atoms with E-state index in [1.54, 1.807) is 12.3 Å². The monoisotopic (exact) mass is 349 g/mol. The Morgan fingerprint density at radius 2 is 2.19 bits per heavy atom. The molecule has 3 N–H and O–H groups in total. The number of nitrogens with one attached hydrogen (secondary N) is 1. The molecule has 0 spiro atoms. The van der Waals surface area contributed by atoms with Gasteiger partial charge in [-0.3, -0.25) is 9.78 Å². The molecule has 0 bridgehead atoms. The molecule has 1 amide bonds. The summed E-state index contributed by atoms with van der Waals surface area (Å²) in [6.07, 6.45) is 4.30. The average Bonchev–Trinajstić information content (AvgIpc) is 3.16. The molecule has 0 aliphatic carbocycles. The van der Waals surface area contributed by atoms with Gasteiger partial charge in [0.15, 0.2) is 5.82 Å². The smallest absolute Gasteiger partial charge is 0.231 e. The van der Waals surface area contributed by atoms with Crippen molar-refractivity contribution in [1.29, 1.82) is 0 Å². The SMILES string of the molecule is Cc1ccncc1-c1cc(N)c2nnc(NC(=O)C3CCOC3)cc2c1. The minimum Gasteiger partial charge on any atom is -0.397 e. The van der Waals surface area contributed by atoms with Gasteiger partial charge in [0.1, 0.15) is 5.52 Å². The van der Waals surface area contributed by atoms with E-state index < -0.39 is 0 Å². The standard InChI is InChI=1S/C19H19N5O2/c1-11-2-4-21-9-15(11)13-6-14-8-17(23-24-18(14)16(20)7-13)22-19(25)12-3-5-26-10-12/h2,4,6-9,12H,3,5,10,20H2,1H3,(H,22,23,25). The van der Waals surface area contributed by atoms with Gasteiger partial charge < -0.3 is 15.8 Å². The number of anilines is 2. The van der Waals surface area contributed by atoms with Gasteiger partial charge in [-0.2, -0.15) is 0 Å². The fourth-order valence-corrected chi connectivity index (χ4v) is 3.14. The number of aryl methyl sites for hydroxylation is 1. The summed E-state index contributed by atoms with van der Waals surface area (Å²) >= 11 is 0. The van der Waals surface area contributed by atoms with Gasteiger partial charge in [-0.15, -0.1) is 10.2 Å². The molecule has 26 heavy (non-hydrogen) atoms. The number of pyridine rings is 1. The molecule has 1 aliphatic heterocycles. The van der Waals surface area contributed by atoms with Gasteiger partial charge in [0.25, 0.3) is 0 Å². The highest BCUT2D eigenvalue weighted by Gasteiger charge is 2.24. The summed E-state index contributed by atoms with van der Waals surface area (Å²) in [5, 5.41) is 11.9. The summed E-state index contributed by atoms with van der Waals surface area (Å²) in [5.74, 6) is 0.180. The maximum absolute atomic E-state index is 12.3. The van der Waals surface area contributed by atoms with Crippen molar-refractivity contribution in [2.24, 2.45) is 5.92 Å². The van der Waals surface area contributed by atoms with Crippen molar-refractivity contribution < 1.29 is 9.53 Å². The molecule has 2 aromatic heterocycles. The first-order valence-corrected chi connectivity index (χ1v) is 8.48. The van der Waals surface area contributed by atoms with Crippen molar-refractivity contribution in [3.05, 3.63) is 42.2 Å². The summed E-state index contributed by atoms with van der Waals surface area (Å²) < 4.78 is 5.26. The summed E-state index contributed by atoms with van der Waals surface area (Å²) in [7, 11) is 0. The first-order valence-electron chi connectivity index (χ1n) is 8.48. The fraction of sp³-hybridized carbons (Fsp3) is 0.263. The number of nitrogens with zero attached hydrogens (tertiary/aromatic N) is 3. The molecule has 1 unspecified atom stereocenters. The zero-order valence-electron chi connectivity index (χ0n) is 14.4. The van der Waals surface area contributed by atoms with Crippen LogP contribution >= 0.6 is 0 Å². The lowest BCUT2D eigenvalue weighted by Gasteiger charge is -2.11. The number of rotatable bonds is 3. The van der Waals surface area contributed by atoms with Crippen molar-refractivity contribution in [1.82, 2.24) is 15.2 Å². The van der Waals surface area contributed by atoms with Crippen molar-refractivity contribution in [2.75, 3.05) is 24.3 Å². The van der Waals surface area contributed by atoms with Crippen LogP contribution < -0.4 is 11.1 Å². The number of aromatic nitrogens is 3. The molecular formula is C19H19N5O2. The van der Waals surface area contributed by atoms with Gasteiger partial charge in [-0.05, 0) is 48.7 Å². The number of amides is 1. The van der Waals surface area contributed by atoms with E-state index in [2.05, 4.69) is 20.5 Å². The molecule has 7 nitrogen and oxygen atoms in total. The van der Waals surface area contributed by atoms with Crippen molar-refractivity contribution in [2.45, 2.75) is 13.3 Å². The van der Waals surface area contributed by atoms with Gasteiger partial charge in [0.2, 0.25) is 5.91 Å². The summed E-state index contributed by atoms with van der Waals surface area (Å²) in [6, 6.07) is 7.60. The molecule has 4 rings (SSSR count). The van der Waals surface area contributed by atoms with Crippen molar-refractivity contribution in [3.8, 4) is 11.1 Å². The third kappa shape index (κ3) is 3.09. The Morgan fingerprint density at radius 3 is 2.96 bits per heavy atom. The Balaban J connectivity index is 1.70. The summed E-state index contributed by atoms with van der Waals surface area (Å²) in [5.41, 5.74) is 10.4. The number of nitrogens with two attached hydrogens (primary N) is 1. The zero-order valence-corrected chi connectivity index (χ0v) is 14.4. The third-order valence-electron chi connectivity index (χ3n) is 4.62. The molecule has 1 aromatic carbocycles. The highest BCUT2D eigenvalue weighted by Crippen LogP contribution is 2.30. The number of hydrogen-bond donors (Lipinski definition) is 2. The van der Waals surface area contributed by atoms with E-state index in [0.29, 0.717) is 30.2 Å². The Hall–Kier alpha value is -3.06. The van der Waals surface area contributed by atoms with Gasteiger partial charge in [0.05, 0.1) is 18.2 Å². The maximum Gasteiger partial charge on any atom is 0.231 e. The van der Waals surface area contributed by atoms with Crippen molar-refractivity contribution in [3.63, 3.8) is 0 Å². The van der Waals surface area contributed by atoms with Crippen LogP contribution in [0.2, 0.25) is 0 Å². The lowest BCUT2D eigenvalue weighted by atomic mass is 10.0. The highest BCUT2D eigenvalue weighted by atomic mass is 16.5. The Labute approximate surface area is 150 Å². The fourth-order valence-electron chi connectivity index (χ4n) is 3.14. The lowest BCUT2D eigenvalue weighted by Crippen LogP contribution is -2.23. The van der Waals surface area contributed by atoms with Crippen LogP contribution in [0.1, 0.15) is 12.0 Å². The molecule has 1 aliphatic rings. The molecule has 1 saturated heterocycles. The highest BCUT2D eigenvalue weighted by molar-refractivity contribution is 5.97. The maximum atomic E-state index is 12.3. The third-order valence-corrected chi connectivity index (χ3v) is 4.62. The summed E-state index contributed by atoms with van der Waals surface area (Å²) in [6.45, 7) is 3.09. The number of ether oxygens (including phenoxy) is 1. The molecule has 3 heterocycles. The molecule has 7 heteroatoms. The van der Waals surface area contributed by atoms with Gasteiger partial charge in [-0.25, -0.2) is 0 Å². The zero-order chi connectivity index (χ0) is 18.1. The molecule has 132 valence electrons. The predicted octanol–water partition coefficient (Wildman–Crippen LogP) is 2.56. The topological polar surface area (TPSA) is 103 Å². The first kappa shape index (κ1) is 16.4. The summed E-state index contributed by atoms with van der Waals surface area (Å²) in [4.78, 5) is 16.5. The van der Waals surface area contributed by atoms with Crippen LogP contribution in [0.15, 0.2) is 36.7 Å². The lowest BCUT2D eigenvalue weighted by molar-refractivity contribution is -0.119. The van der Waals surface area contributed by atoms with Crippen molar-refractivity contribution >= 4 is 28.3 Å². The molecule has 3 aromatic rings. The number of carbonyl (C=O) groups is 1. The van der Waals surface area contributed by atoms with Crippen LogP contribution in [0, 0.1) is 12.8 Å². The van der Waals surface area contributed by atoms with E-state index >= 15 is 0 Å². The van der Waals surface area contributed by atoms with E-state index in [1.165, 1.54) is 0 Å². The van der Waals surface area contributed by atoms with E-state index in [-0.39, 0.29) is 11.8 Å². The molecule has 1 atom stereocenters. The second-order valence-electron chi connectivity index (χ2n) is 6.47. The Kier molecular flexibility index (Phi) is 4.22. The largest absolute Gasteiger partial charge is 0.397 e. The number of carbonyl (C=O) groups excluding carboxylic acids is 1. The molecular weight excluding hydrogens is 330 g/mol. The number of fused-ring (bicyclic) bond motifs is 1. The number of nitrogen functional groups attached to an aromatic ring is 1. The number of benzene rings is 1. The average molecular weight is 349 g/mol. The molecule has 0 radical (unpaired) electrons. The van der Waals surface area contributed by atoms with Crippen LogP contribution in [0.5, 0.6) is 0 Å². The predicted molar refractivity (Wildman–Crippen MR) is 99.5 cm³/mol. The van der Waals surface area contributed by atoms with Crippen LogP contribution in [0.3, 0.4) is 0 Å². The van der Waals surface area contributed by atoms with E-state index in [1.807, 2.05) is 31.3 Å². The van der Waals surface area contributed by atoms with Gasteiger partial charge in [0, 0.05) is 30.0 Å². The minimum atomic E-state index is -0.137. The minimum absolute atomic E-state index is 0.0941. The van der Waals surface area contributed by atoms with Gasteiger partial charge in [-0.1, -0.05) is 0 Å². The first-order chi connectivity index (χ1) is 12.6. The Morgan fingerprint density at radius 1 is 1.31 bits per heavy atom. The van der Waals surface area contributed by atoms with Gasteiger partial charge >= 0.3 is 0 Å². The van der Waals surface area contributed by atoms with E-state index in [4.69, 9.17) is 10.5 Å². The number of hydrogen-bond acceptors (Lipinski definition) is 6. The van der Waals surface area contributed by atoms with E-state index in [9.17, 15) is 4.79 Å². The second kappa shape index (κ2) is 6.68. The molecule has 1 fully saturated rings. The van der Waals surface area contributed by atoms with Crippen LogP contribution in [0.4, 0.5) is 11.5 Å². The van der Waals surface area contributed by atoms with E-state index in [0.717, 1.165) is 28.5 Å². The molecule has 0 saturated carbocycles. The van der Waals surface area contributed by atoms with Crippen LogP contribution in [-0.4, -0.2) is 34.3 Å². The van der Waals surface area contributed by atoms with Crippen LogP contribution in [-0.2, 0) is 9.53 Å².